The van der Waals surface area contributed by atoms with Crippen molar-refractivity contribution >= 4 is 16.8 Å². The highest BCUT2D eigenvalue weighted by Gasteiger charge is 2.23. The Morgan fingerprint density at radius 1 is 1.20 bits per heavy atom. The summed E-state index contributed by atoms with van der Waals surface area (Å²) < 4.78 is 0. The number of aromatic nitrogens is 1. The molecule has 1 aliphatic carbocycles. The molecule has 3 nitrogen and oxygen atoms in total. The SMILES string of the molecule is CC.Cc1cc(C)c2cc(C(=O)NC3CC3)ccc2n1. The van der Waals surface area contributed by atoms with Crippen LogP contribution in [0.2, 0.25) is 0 Å². The number of fused-ring (bicyclic) bond motifs is 1. The molecule has 0 aliphatic heterocycles. The third-order valence-electron chi connectivity index (χ3n) is 3.32. The Morgan fingerprint density at radius 2 is 1.90 bits per heavy atom. The Morgan fingerprint density at radius 3 is 2.55 bits per heavy atom. The van der Waals surface area contributed by atoms with Gasteiger partial charge in [0, 0.05) is 22.7 Å². The van der Waals surface area contributed by atoms with E-state index in [2.05, 4.69) is 17.2 Å². The van der Waals surface area contributed by atoms with Crippen molar-refractivity contribution in [3.8, 4) is 0 Å². The molecule has 3 rings (SSSR count). The maximum Gasteiger partial charge on any atom is 0.251 e. The highest BCUT2D eigenvalue weighted by molar-refractivity contribution is 5.98. The molecule has 1 aromatic heterocycles. The molecule has 1 N–H and O–H groups in total. The number of rotatable bonds is 2. The van der Waals surface area contributed by atoms with Crippen molar-refractivity contribution in [2.75, 3.05) is 0 Å². The minimum atomic E-state index is 0.0272. The topological polar surface area (TPSA) is 42.0 Å². The Kier molecular flexibility index (Phi) is 4.38. The summed E-state index contributed by atoms with van der Waals surface area (Å²) in [6.07, 6.45) is 2.22. The van der Waals surface area contributed by atoms with E-state index in [-0.39, 0.29) is 5.91 Å². The smallest absolute Gasteiger partial charge is 0.251 e. The van der Waals surface area contributed by atoms with Crippen LogP contribution >= 0.6 is 0 Å². The molecule has 1 saturated carbocycles. The summed E-state index contributed by atoms with van der Waals surface area (Å²) in [5, 5.41) is 4.07. The Hall–Kier alpha value is -1.90. The molecule has 106 valence electrons. The molecule has 20 heavy (non-hydrogen) atoms. The van der Waals surface area contributed by atoms with E-state index in [0.29, 0.717) is 6.04 Å². The van der Waals surface area contributed by atoms with Crippen molar-refractivity contribution in [1.29, 1.82) is 0 Å². The average Bonchev–Trinajstić information content (AvgIpc) is 3.24. The lowest BCUT2D eigenvalue weighted by Gasteiger charge is -2.07. The number of hydrogen-bond acceptors (Lipinski definition) is 2. The lowest BCUT2D eigenvalue weighted by Crippen LogP contribution is -2.25. The van der Waals surface area contributed by atoms with Gasteiger partial charge < -0.3 is 5.32 Å². The highest BCUT2D eigenvalue weighted by atomic mass is 16.1. The summed E-state index contributed by atoms with van der Waals surface area (Å²) in [4.78, 5) is 16.5. The monoisotopic (exact) mass is 270 g/mol. The van der Waals surface area contributed by atoms with Gasteiger partial charge in [0.2, 0.25) is 0 Å². The highest BCUT2D eigenvalue weighted by Crippen LogP contribution is 2.22. The number of nitrogens with one attached hydrogen (secondary N) is 1. The molecule has 1 amide bonds. The predicted octanol–water partition coefficient (Wildman–Crippen LogP) is 3.77. The van der Waals surface area contributed by atoms with Gasteiger partial charge in [-0.3, -0.25) is 9.78 Å². The molecule has 0 saturated heterocycles. The van der Waals surface area contributed by atoms with Crippen LogP contribution in [0.15, 0.2) is 24.3 Å². The second-order valence-corrected chi connectivity index (χ2v) is 5.06. The summed E-state index contributed by atoms with van der Waals surface area (Å²) in [6.45, 7) is 8.04. The molecule has 0 bridgehead atoms. The van der Waals surface area contributed by atoms with Gasteiger partial charge in [-0.15, -0.1) is 0 Å². The van der Waals surface area contributed by atoms with Gasteiger partial charge in [0.1, 0.15) is 0 Å². The van der Waals surface area contributed by atoms with Crippen LogP contribution < -0.4 is 5.32 Å². The van der Waals surface area contributed by atoms with E-state index < -0.39 is 0 Å². The number of carbonyl (C=O) groups excluding carboxylic acids is 1. The van der Waals surface area contributed by atoms with Gasteiger partial charge in [-0.05, 0) is 56.5 Å². The van der Waals surface area contributed by atoms with Crippen LogP contribution in [0, 0.1) is 13.8 Å². The fourth-order valence-corrected chi connectivity index (χ4v) is 2.20. The van der Waals surface area contributed by atoms with E-state index in [4.69, 9.17) is 0 Å². The van der Waals surface area contributed by atoms with Crippen molar-refractivity contribution in [1.82, 2.24) is 10.3 Å². The van der Waals surface area contributed by atoms with Gasteiger partial charge in [-0.25, -0.2) is 0 Å². The fourth-order valence-electron chi connectivity index (χ4n) is 2.20. The Bertz CT molecular complexity index is 630. The van der Waals surface area contributed by atoms with Crippen molar-refractivity contribution < 1.29 is 4.79 Å². The summed E-state index contributed by atoms with van der Waals surface area (Å²) in [5.74, 6) is 0.0272. The first-order chi connectivity index (χ1) is 9.63. The molecule has 1 aliphatic rings. The standard InChI is InChI=1S/C15H16N2O.C2H6/c1-9-7-10(2)16-14-6-3-11(8-13(9)14)15(18)17-12-4-5-12;1-2/h3,6-8,12H,4-5H2,1-2H3,(H,17,18);1-2H3. The largest absolute Gasteiger partial charge is 0.349 e. The molecule has 1 heterocycles. The lowest BCUT2D eigenvalue weighted by molar-refractivity contribution is 0.0951. The zero-order valence-electron chi connectivity index (χ0n) is 12.7. The minimum Gasteiger partial charge on any atom is -0.349 e. The number of aryl methyl sites for hydroxylation is 2. The second-order valence-electron chi connectivity index (χ2n) is 5.06. The zero-order chi connectivity index (χ0) is 14.7. The van der Waals surface area contributed by atoms with Crippen LogP contribution in [-0.2, 0) is 0 Å². The van der Waals surface area contributed by atoms with Gasteiger partial charge >= 0.3 is 0 Å². The van der Waals surface area contributed by atoms with Crippen LogP contribution in [0.25, 0.3) is 10.9 Å². The summed E-state index contributed by atoms with van der Waals surface area (Å²) in [5.41, 5.74) is 3.85. The van der Waals surface area contributed by atoms with E-state index in [0.717, 1.165) is 35.0 Å². The zero-order valence-corrected chi connectivity index (χ0v) is 12.7. The van der Waals surface area contributed by atoms with Crippen molar-refractivity contribution in [2.24, 2.45) is 0 Å². The number of carbonyl (C=O) groups is 1. The molecule has 0 unspecified atom stereocenters. The van der Waals surface area contributed by atoms with Crippen LogP contribution in [0.1, 0.15) is 48.3 Å². The molecular formula is C17H22N2O. The van der Waals surface area contributed by atoms with Crippen LogP contribution in [0.4, 0.5) is 0 Å². The Labute approximate surface area is 120 Å². The summed E-state index contributed by atoms with van der Waals surface area (Å²) in [7, 11) is 0. The van der Waals surface area contributed by atoms with E-state index in [1.54, 1.807) is 0 Å². The lowest BCUT2D eigenvalue weighted by atomic mass is 10.1. The first-order valence-electron chi connectivity index (χ1n) is 7.32. The van der Waals surface area contributed by atoms with Crippen molar-refractivity contribution in [3.63, 3.8) is 0 Å². The van der Waals surface area contributed by atoms with E-state index >= 15 is 0 Å². The van der Waals surface area contributed by atoms with Gasteiger partial charge in [0.15, 0.2) is 0 Å². The molecular weight excluding hydrogens is 248 g/mol. The van der Waals surface area contributed by atoms with Gasteiger partial charge in [-0.2, -0.15) is 0 Å². The third-order valence-corrected chi connectivity index (χ3v) is 3.32. The number of benzene rings is 1. The number of amides is 1. The van der Waals surface area contributed by atoms with Gasteiger partial charge in [-0.1, -0.05) is 13.8 Å². The Balaban J connectivity index is 0.000000704. The maximum atomic E-state index is 12.0. The molecule has 1 fully saturated rings. The maximum absolute atomic E-state index is 12.0. The van der Waals surface area contributed by atoms with Gasteiger partial charge in [0.05, 0.1) is 5.52 Å². The number of nitrogens with zero attached hydrogens (tertiary/aromatic N) is 1. The number of hydrogen-bond donors (Lipinski definition) is 1. The first kappa shape index (κ1) is 14.5. The van der Waals surface area contributed by atoms with E-state index in [1.165, 1.54) is 5.56 Å². The van der Waals surface area contributed by atoms with Crippen molar-refractivity contribution in [2.45, 2.75) is 46.6 Å². The predicted molar refractivity (Wildman–Crippen MR) is 83.1 cm³/mol. The van der Waals surface area contributed by atoms with E-state index in [1.807, 2.05) is 45.0 Å². The molecule has 0 spiro atoms. The molecule has 0 radical (unpaired) electrons. The molecule has 2 aromatic rings. The van der Waals surface area contributed by atoms with Gasteiger partial charge in [0.25, 0.3) is 5.91 Å². The summed E-state index contributed by atoms with van der Waals surface area (Å²) in [6, 6.07) is 8.16. The summed E-state index contributed by atoms with van der Waals surface area (Å²) >= 11 is 0. The van der Waals surface area contributed by atoms with E-state index in [9.17, 15) is 4.79 Å². The molecule has 0 atom stereocenters. The molecule has 1 aromatic carbocycles. The number of pyridine rings is 1. The molecule has 3 heteroatoms. The first-order valence-corrected chi connectivity index (χ1v) is 7.32. The van der Waals surface area contributed by atoms with Crippen LogP contribution in [0.5, 0.6) is 0 Å². The second kappa shape index (κ2) is 6.04. The van der Waals surface area contributed by atoms with Crippen molar-refractivity contribution in [3.05, 3.63) is 41.1 Å². The van der Waals surface area contributed by atoms with Crippen LogP contribution in [-0.4, -0.2) is 16.9 Å². The normalized spacial score (nSPS) is 13.6. The van der Waals surface area contributed by atoms with Crippen LogP contribution in [0.3, 0.4) is 0 Å². The quantitative estimate of drug-likeness (QED) is 0.902. The third kappa shape index (κ3) is 3.16. The minimum absolute atomic E-state index is 0.0272. The fraction of sp³-hybridized carbons (Fsp3) is 0.412. The average molecular weight is 270 g/mol.